The van der Waals surface area contributed by atoms with Gasteiger partial charge in [-0.1, -0.05) is 6.42 Å². The molecule has 2 N–H and O–H groups in total. The smallest absolute Gasteiger partial charge is 0.227 e. The maximum Gasteiger partial charge on any atom is 0.227 e. The molecule has 0 aromatic heterocycles. The second kappa shape index (κ2) is 6.01. The van der Waals surface area contributed by atoms with Crippen LogP contribution >= 0.6 is 12.4 Å². The highest BCUT2D eigenvalue weighted by molar-refractivity contribution is 5.85. The fourth-order valence-electron chi connectivity index (χ4n) is 4.31. The average Bonchev–Trinajstić information content (AvgIpc) is 2.99. The number of amides is 1. The predicted molar refractivity (Wildman–Crippen MR) is 79.4 cm³/mol. The quantitative estimate of drug-likeness (QED) is 0.836. The first-order chi connectivity index (χ1) is 8.67. The Morgan fingerprint density at radius 2 is 2.21 bits per heavy atom. The number of piperidine rings is 1. The van der Waals surface area contributed by atoms with Crippen molar-refractivity contribution >= 4 is 18.3 Å². The van der Waals surface area contributed by atoms with Gasteiger partial charge in [0.2, 0.25) is 5.91 Å². The molecule has 3 fully saturated rings. The molecule has 1 heterocycles. The van der Waals surface area contributed by atoms with Crippen LogP contribution in [0.1, 0.15) is 45.4 Å². The van der Waals surface area contributed by atoms with E-state index in [1.54, 1.807) is 0 Å². The molecule has 4 unspecified atom stereocenters. The SMILES string of the molecule is CC1(C(=O)NCC2CC3CCC2C3)CCCNC1.Cl. The lowest BCUT2D eigenvalue weighted by Gasteiger charge is -2.33. The zero-order chi connectivity index (χ0) is 12.6. The largest absolute Gasteiger partial charge is 0.355 e. The Hall–Kier alpha value is -0.280. The van der Waals surface area contributed by atoms with Crippen LogP contribution in [0.3, 0.4) is 0 Å². The van der Waals surface area contributed by atoms with Crippen LogP contribution in [0.15, 0.2) is 0 Å². The van der Waals surface area contributed by atoms with E-state index in [-0.39, 0.29) is 23.7 Å². The number of halogens is 1. The fourth-order valence-corrected chi connectivity index (χ4v) is 4.31. The minimum atomic E-state index is -0.171. The predicted octanol–water partition coefficient (Wildman–Crippen LogP) is 2.35. The molecule has 3 aliphatic rings. The first-order valence-electron chi connectivity index (χ1n) is 7.66. The molecule has 3 nitrogen and oxygen atoms in total. The lowest BCUT2D eigenvalue weighted by Crippen LogP contribution is -2.49. The Bertz CT molecular complexity index is 328. The molecule has 0 radical (unpaired) electrons. The third-order valence-electron chi connectivity index (χ3n) is 5.55. The van der Waals surface area contributed by atoms with Crippen LogP contribution in [0.5, 0.6) is 0 Å². The van der Waals surface area contributed by atoms with E-state index < -0.39 is 0 Å². The normalized spacial score (nSPS) is 40.8. The number of nitrogens with one attached hydrogen (secondary N) is 2. The van der Waals surface area contributed by atoms with E-state index in [1.807, 2.05) is 0 Å². The van der Waals surface area contributed by atoms with Crippen LogP contribution in [0.4, 0.5) is 0 Å². The summed E-state index contributed by atoms with van der Waals surface area (Å²) in [6.45, 7) is 4.94. The zero-order valence-electron chi connectivity index (χ0n) is 11.9. The van der Waals surface area contributed by atoms with E-state index in [4.69, 9.17) is 0 Å². The van der Waals surface area contributed by atoms with Gasteiger partial charge in [-0.2, -0.15) is 0 Å². The van der Waals surface area contributed by atoms with Gasteiger partial charge in [-0.3, -0.25) is 4.79 Å². The van der Waals surface area contributed by atoms with E-state index in [9.17, 15) is 4.79 Å². The molecule has 2 aliphatic carbocycles. The van der Waals surface area contributed by atoms with Crippen molar-refractivity contribution in [3.8, 4) is 0 Å². The maximum absolute atomic E-state index is 12.3. The summed E-state index contributed by atoms with van der Waals surface area (Å²) in [7, 11) is 0. The molecule has 0 aromatic rings. The van der Waals surface area contributed by atoms with Crippen LogP contribution in [0.2, 0.25) is 0 Å². The molecular formula is C15H27ClN2O. The van der Waals surface area contributed by atoms with Crippen molar-refractivity contribution in [2.24, 2.45) is 23.2 Å². The fraction of sp³-hybridized carbons (Fsp3) is 0.933. The molecule has 110 valence electrons. The van der Waals surface area contributed by atoms with Gasteiger partial charge in [-0.05, 0) is 63.3 Å². The van der Waals surface area contributed by atoms with Gasteiger partial charge in [0.1, 0.15) is 0 Å². The van der Waals surface area contributed by atoms with E-state index in [2.05, 4.69) is 17.6 Å². The van der Waals surface area contributed by atoms with Gasteiger partial charge in [0, 0.05) is 13.1 Å². The second-order valence-corrected chi connectivity index (χ2v) is 6.99. The lowest BCUT2D eigenvalue weighted by atomic mass is 9.81. The zero-order valence-corrected chi connectivity index (χ0v) is 12.7. The summed E-state index contributed by atoms with van der Waals surface area (Å²) in [6.07, 6.45) is 7.79. The molecule has 4 heteroatoms. The first kappa shape index (κ1) is 15.1. The molecule has 0 spiro atoms. The van der Waals surface area contributed by atoms with Gasteiger partial charge in [0.05, 0.1) is 5.41 Å². The third-order valence-corrected chi connectivity index (χ3v) is 5.55. The summed E-state index contributed by atoms with van der Waals surface area (Å²) in [6, 6.07) is 0. The van der Waals surface area contributed by atoms with Crippen LogP contribution < -0.4 is 10.6 Å². The van der Waals surface area contributed by atoms with Gasteiger partial charge in [0.15, 0.2) is 0 Å². The monoisotopic (exact) mass is 286 g/mol. The summed E-state index contributed by atoms with van der Waals surface area (Å²) < 4.78 is 0. The Morgan fingerprint density at radius 3 is 2.79 bits per heavy atom. The Labute approximate surface area is 122 Å². The number of fused-ring (bicyclic) bond motifs is 2. The number of hydrogen-bond acceptors (Lipinski definition) is 2. The van der Waals surface area contributed by atoms with Crippen molar-refractivity contribution in [1.82, 2.24) is 10.6 Å². The van der Waals surface area contributed by atoms with Crippen LogP contribution in [-0.2, 0) is 4.79 Å². The van der Waals surface area contributed by atoms with Crippen molar-refractivity contribution in [2.45, 2.75) is 45.4 Å². The molecule has 2 bridgehead atoms. The van der Waals surface area contributed by atoms with Crippen LogP contribution in [-0.4, -0.2) is 25.5 Å². The molecule has 1 aliphatic heterocycles. The van der Waals surface area contributed by atoms with Gasteiger partial charge in [0.25, 0.3) is 0 Å². The van der Waals surface area contributed by atoms with Crippen LogP contribution in [0, 0.1) is 23.2 Å². The summed E-state index contributed by atoms with van der Waals surface area (Å²) in [5.74, 6) is 2.93. The Balaban J connectivity index is 0.00000133. The molecule has 19 heavy (non-hydrogen) atoms. The van der Waals surface area contributed by atoms with Crippen molar-refractivity contribution in [3.05, 3.63) is 0 Å². The molecule has 4 atom stereocenters. The van der Waals surface area contributed by atoms with E-state index in [0.717, 1.165) is 50.2 Å². The Morgan fingerprint density at radius 1 is 1.37 bits per heavy atom. The summed E-state index contributed by atoms with van der Waals surface area (Å²) in [5.41, 5.74) is -0.171. The summed E-state index contributed by atoms with van der Waals surface area (Å²) in [4.78, 5) is 12.3. The van der Waals surface area contributed by atoms with Gasteiger partial charge >= 0.3 is 0 Å². The maximum atomic E-state index is 12.3. The molecule has 1 amide bonds. The van der Waals surface area contributed by atoms with E-state index in [0.29, 0.717) is 0 Å². The number of carbonyl (C=O) groups is 1. The Kier molecular flexibility index (Phi) is 4.78. The summed E-state index contributed by atoms with van der Waals surface area (Å²) in [5, 5.41) is 6.59. The number of carbonyl (C=O) groups excluding carboxylic acids is 1. The van der Waals surface area contributed by atoms with Gasteiger partial charge in [-0.25, -0.2) is 0 Å². The van der Waals surface area contributed by atoms with Crippen molar-refractivity contribution < 1.29 is 4.79 Å². The second-order valence-electron chi connectivity index (χ2n) is 6.99. The molecule has 1 saturated heterocycles. The van der Waals surface area contributed by atoms with E-state index >= 15 is 0 Å². The molecule has 0 aromatic carbocycles. The first-order valence-corrected chi connectivity index (χ1v) is 7.66. The standard InChI is InChI=1S/C15H26N2O.ClH/c1-15(5-2-6-16-10-15)14(18)17-9-13-8-11-3-4-12(13)7-11;/h11-13,16H,2-10H2,1H3,(H,17,18);1H. The van der Waals surface area contributed by atoms with E-state index in [1.165, 1.54) is 25.7 Å². The molecule has 3 rings (SSSR count). The highest BCUT2D eigenvalue weighted by Crippen LogP contribution is 2.48. The van der Waals surface area contributed by atoms with Crippen molar-refractivity contribution in [1.29, 1.82) is 0 Å². The third kappa shape index (κ3) is 3.08. The molecular weight excluding hydrogens is 260 g/mol. The number of hydrogen-bond donors (Lipinski definition) is 2. The topological polar surface area (TPSA) is 41.1 Å². The highest BCUT2D eigenvalue weighted by atomic mass is 35.5. The van der Waals surface area contributed by atoms with Crippen LogP contribution in [0.25, 0.3) is 0 Å². The van der Waals surface area contributed by atoms with Gasteiger partial charge in [-0.15, -0.1) is 12.4 Å². The molecule has 2 saturated carbocycles. The van der Waals surface area contributed by atoms with Crippen molar-refractivity contribution in [2.75, 3.05) is 19.6 Å². The summed E-state index contributed by atoms with van der Waals surface area (Å²) >= 11 is 0. The minimum absolute atomic E-state index is 0. The average molecular weight is 287 g/mol. The van der Waals surface area contributed by atoms with Crippen molar-refractivity contribution in [3.63, 3.8) is 0 Å². The van der Waals surface area contributed by atoms with Gasteiger partial charge < -0.3 is 10.6 Å². The minimum Gasteiger partial charge on any atom is -0.355 e. The lowest BCUT2D eigenvalue weighted by molar-refractivity contribution is -0.131. The number of rotatable bonds is 3. The highest BCUT2D eigenvalue weighted by Gasteiger charge is 2.40.